The quantitative estimate of drug-likeness (QED) is 0.803. The maximum absolute atomic E-state index is 12.2. The van der Waals surface area contributed by atoms with Gasteiger partial charge in [-0.05, 0) is 68.1 Å². The van der Waals surface area contributed by atoms with Crippen LogP contribution in [-0.4, -0.2) is 22.3 Å². The maximum Gasteiger partial charge on any atom is 0.178 e. The van der Waals surface area contributed by atoms with E-state index in [1.54, 1.807) is 12.2 Å². The summed E-state index contributed by atoms with van der Waals surface area (Å²) in [5, 5.41) is 11.1. The first kappa shape index (κ1) is 16.0. The Kier molecular flexibility index (Phi) is 3.19. The van der Waals surface area contributed by atoms with Crippen molar-refractivity contribution in [2.75, 3.05) is 0 Å². The summed E-state index contributed by atoms with van der Waals surface area (Å²) in [7, 11) is 0. The first-order valence-corrected chi connectivity index (χ1v) is 9.09. The summed E-state index contributed by atoms with van der Waals surface area (Å²) >= 11 is 0. The number of hydrogen-bond acceptors (Lipinski definition) is 3. The molecule has 0 radical (unpaired) electrons. The zero-order valence-electron chi connectivity index (χ0n) is 14.7. The van der Waals surface area contributed by atoms with Gasteiger partial charge in [-0.3, -0.25) is 9.59 Å². The number of fused-ring (bicyclic) bond motifs is 5. The van der Waals surface area contributed by atoms with Crippen molar-refractivity contribution >= 4 is 11.6 Å². The number of Topliss-reactive ketones (excluding diaryl/α,β-unsaturated/α-hetero) is 1. The monoisotopic (exact) mass is 326 g/mol. The van der Waals surface area contributed by atoms with Crippen molar-refractivity contribution in [1.29, 1.82) is 0 Å². The second-order valence-electron chi connectivity index (χ2n) is 8.68. The lowest BCUT2D eigenvalue weighted by Gasteiger charge is -2.55. The van der Waals surface area contributed by atoms with Crippen LogP contribution in [0.4, 0.5) is 0 Å². The van der Waals surface area contributed by atoms with E-state index in [1.807, 2.05) is 0 Å². The van der Waals surface area contributed by atoms with Crippen molar-refractivity contribution in [3.05, 3.63) is 36.0 Å². The molecule has 0 aromatic carbocycles. The van der Waals surface area contributed by atoms with Gasteiger partial charge in [-0.2, -0.15) is 0 Å². The van der Waals surface area contributed by atoms with Crippen LogP contribution in [0.25, 0.3) is 0 Å². The van der Waals surface area contributed by atoms with Gasteiger partial charge in [-0.1, -0.05) is 32.1 Å². The highest BCUT2D eigenvalue weighted by Crippen LogP contribution is 2.65. The lowest BCUT2D eigenvalue weighted by atomic mass is 9.49. The Labute approximate surface area is 143 Å². The standard InChI is InChI=1S/C21H26O3/c1-13(22)21(24)11-8-18-16-5-4-14-12-15(23)6-9-19(14,2)17(16)7-10-20(18,21)3/h4-6,9,12,16-18,24H,7-8,10-11H2,1-3H3/t16-,17?,18+,19+,20+,21+/m1/s1. The van der Waals surface area contributed by atoms with E-state index in [2.05, 4.69) is 32.1 Å². The lowest BCUT2D eigenvalue weighted by molar-refractivity contribution is -0.155. The van der Waals surface area contributed by atoms with Crippen LogP contribution in [0, 0.1) is 28.6 Å². The summed E-state index contributed by atoms with van der Waals surface area (Å²) in [5.74, 6) is 1.10. The van der Waals surface area contributed by atoms with Crippen LogP contribution in [-0.2, 0) is 9.59 Å². The SMILES string of the molecule is CC(=O)[C@@]1(O)CC[C@H]2[C@@H]3C=CC4=CC(=O)C=C[C@]4(C)C3CC[C@@]21C. The molecular formula is C21H26O3. The largest absolute Gasteiger partial charge is 0.382 e. The van der Waals surface area contributed by atoms with E-state index in [1.165, 1.54) is 6.92 Å². The molecule has 0 saturated heterocycles. The molecule has 0 aromatic rings. The van der Waals surface area contributed by atoms with Gasteiger partial charge in [0, 0.05) is 10.8 Å². The van der Waals surface area contributed by atoms with Crippen LogP contribution in [0.1, 0.15) is 46.5 Å². The zero-order chi connectivity index (χ0) is 17.3. The third kappa shape index (κ3) is 1.77. The molecular weight excluding hydrogens is 300 g/mol. The minimum absolute atomic E-state index is 0.0676. The summed E-state index contributed by atoms with van der Waals surface area (Å²) in [6.07, 6.45) is 13.2. The van der Waals surface area contributed by atoms with E-state index < -0.39 is 5.60 Å². The highest BCUT2D eigenvalue weighted by molar-refractivity contribution is 6.01. The fourth-order valence-corrected chi connectivity index (χ4v) is 6.25. The molecule has 2 saturated carbocycles. The molecule has 0 aliphatic heterocycles. The van der Waals surface area contributed by atoms with Crippen LogP contribution in [0.5, 0.6) is 0 Å². The molecule has 0 bridgehead atoms. The Morgan fingerprint density at radius 1 is 1.17 bits per heavy atom. The molecule has 1 N–H and O–H groups in total. The average Bonchev–Trinajstić information content (AvgIpc) is 2.81. The maximum atomic E-state index is 12.2. The fourth-order valence-electron chi connectivity index (χ4n) is 6.25. The van der Waals surface area contributed by atoms with Crippen LogP contribution in [0.3, 0.4) is 0 Å². The van der Waals surface area contributed by atoms with Gasteiger partial charge in [-0.15, -0.1) is 0 Å². The van der Waals surface area contributed by atoms with Crippen molar-refractivity contribution < 1.29 is 14.7 Å². The van der Waals surface area contributed by atoms with Crippen molar-refractivity contribution in [2.24, 2.45) is 28.6 Å². The highest BCUT2D eigenvalue weighted by atomic mass is 16.3. The molecule has 2 fully saturated rings. The number of carbonyl (C=O) groups is 2. The summed E-state index contributed by atoms with van der Waals surface area (Å²) in [4.78, 5) is 23.9. The van der Waals surface area contributed by atoms with Gasteiger partial charge in [0.2, 0.25) is 0 Å². The highest BCUT2D eigenvalue weighted by Gasteiger charge is 2.64. The molecule has 128 valence electrons. The first-order chi connectivity index (χ1) is 11.2. The minimum Gasteiger partial charge on any atom is -0.382 e. The molecule has 6 atom stereocenters. The molecule has 4 aliphatic carbocycles. The van der Waals surface area contributed by atoms with E-state index in [0.29, 0.717) is 24.2 Å². The Hall–Kier alpha value is -1.48. The van der Waals surface area contributed by atoms with Gasteiger partial charge in [0.15, 0.2) is 11.6 Å². The van der Waals surface area contributed by atoms with E-state index in [4.69, 9.17) is 0 Å². The Bertz CT molecular complexity index is 715. The van der Waals surface area contributed by atoms with Gasteiger partial charge >= 0.3 is 0 Å². The predicted molar refractivity (Wildman–Crippen MR) is 92.2 cm³/mol. The predicted octanol–water partition coefficient (Wildman–Crippen LogP) is 3.39. The Balaban J connectivity index is 1.77. The summed E-state index contributed by atoms with van der Waals surface area (Å²) in [5.41, 5.74) is -0.507. The average molecular weight is 326 g/mol. The van der Waals surface area contributed by atoms with Gasteiger partial charge < -0.3 is 5.11 Å². The van der Waals surface area contributed by atoms with Gasteiger partial charge in [-0.25, -0.2) is 0 Å². The Morgan fingerprint density at radius 2 is 1.88 bits per heavy atom. The van der Waals surface area contributed by atoms with Crippen LogP contribution in [0.15, 0.2) is 36.0 Å². The Morgan fingerprint density at radius 3 is 2.58 bits per heavy atom. The molecule has 0 aromatic heterocycles. The lowest BCUT2D eigenvalue weighted by Crippen LogP contribution is -2.56. The molecule has 1 unspecified atom stereocenters. The molecule has 0 heterocycles. The van der Waals surface area contributed by atoms with Gasteiger partial charge in [0.1, 0.15) is 5.60 Å². The van der Waals surface area contributed by atoms with Crippen LogP contribution >= 0.6 is 0 Å². The van der Waals surface area contributed by atoms with Crippen molar-refractivity contribution in [1.82, 2.24) is 0 Å². The van der Waals surface area contributed by atoms with E-state index in [0.717, 1.165) is 24.8 Å². The van der Waals surface area contributed by atoms with Crippen molar-refractivity contribution in [3.8, 4) is 0 Å². The first-order valence-electron chi connectivity index (χ1n) is 9.09. The van der Waals surface area contributed by atoms with Crippen LogP contribution in [0.2, 0.25) is 0 Å². The third-order valence-corrected chi connectivity index (χ3v) is 7.85. The summed E-state index contributed by atoms with van der Waals surface area (Å²) in [6, 6.07) is 0. The van der Waals surface area contributed by atoms with Gasteiger partial charge in [0.05, 0.1) is 0 Å². The number of allylic oxidation sites excluding steroid dienone is 6. The molecule has 4 aliphatic rings. The van der Waals surface area contributed by atoms with E-state index in [-0.39, 0.29) is 22.4 Å². The van der Waals surface area contributed by atoms with E-state index >= 15 is 0 Å². The van der Waals surface area contributed by atoms with Crippen LogP contribution < -0.4 is 0 Å². The van der Waals surface area contributed by atoms with Crippen molar-refractivity contribution in [3.63, 3.8) is 0 Å². The second-order valence-corrected chi connectivity index (χ2v) is 8.68. The number of ketones is 2. The molecule has 0 amide bonds. The van der Waals surface area contributed by atoms with Crippen molar-refractivity contribution in [2.45, 2.75) is 52.1 Å². The van der Waals surface area contributed by atoms with E-state index in [9.17, 15) is 14.7 Å². The third-order valence-electron chi connectivity index (χ3n) is 7.85. The number of carbonyl (C=O) groups excluding carboxylic acids is 2. The minimum atomic E-state index is -1.17. The normalized spacial score (nSPS) is 49.2. The fraction of sp³-hybridized carbons (Fsp3) is 0.619. The number of aliphatic hydroxyl groups is 1. The smallest absolute Gasteiger partial charge is 0.178 e. The zero-order valence-corrected chi connectivity index (χ0v) is 14.7. The second kappa shape index (κ2) is 4.78. The molecule has 4 rings (SSSR count). The number of hydrogen-bond donors (Lipinski definition) is 1. The molecule has 0 spiro atoms. The topological polar surface area (TPSA) is 54.4 Å². The number of rotatable bonds is 1. The summed E-state index contributed by atoms with van der Waals surface area (Å²) in [6.45, 7) is 5.88. The summed E-state index contributed by atoms with van der Waals surface area (Å²) < 4.78 is 0. The molecule has 3 heteroatoms. The van der Waals surface area contributed by atoms with Gasteiger partial charge in [0.25, 0.3) is 0 Å². The molecule has 3 nitrogen and oxygen atoms in total. The molecule has 24 heavy (non-hydrogen) atoms.